The fourth-order valence-electron chi connectivity index (χ4n) is 2.12. The zero-order chi connectivity index (χ0) is 13.3. The second-order valence-corrected chi connectivity index (χ2v) is 5.44. The molecule has 0 radical (unpaired) electrons. The third-order valence-electron chi connectivity index (χ3n) is 3.12. The highest BCUT2D eigenvalue weighted by Crippen LogP contribution is 2.31. The Bertz CT molecular complexity index is 546. The van der Waals surface area contributed by atoms with Gasteiger partial charge in [0, 0.05) is 11.5 Å². The number of rotatable bonds is 3. The number of nitrogens with zero attached hydrogens (tertiary/aromatic N) is 2. The lowest BCUT2D eigenvalue weighted by Crippen LogP contribution is -2.22. The molecular weight excluding hydrogens is 314 g/mol. The molecule has 1 heterocycles. The predicted octanol–water partition coefficient (Wildman–Crippen LogP) is 3.45. The van der Waals surface area contributed by atoms with Crippen molar-refractivity contribution in [3.63, 3.8) is 0 Å². The summed E-state index contributed by atoms with van der Waals surface area (Å²) in [7, 11) is 3.83. The maximum atomic E-state index is 6.23. The highest BCUT2D eigenvalue weighted by molar-refractivity contribution is 9.10. The summed E-state index contributed by atoms with van der Waals surface area (Å²) in [5.41, 5.74) is 3.37. The second-order valence-electron chi connectivity index (χ2n) is 4.18. The standard InChI is InChI=1S/C13H15BrClN3/c1-8-9(5-4-6-10(8)14)12(16-2)13-11(15)7-17-18(13)3/h4-7,12,16H,1-3H3. The van der Waals surface area contributed by atoms with Crippen LogP contribution in [0.1, 0.15) is 22.9 Å². The van der Waals surface area contributed by atoms with Gasteiger partial charge in [-0.3, -0.25) is 4.68 Å². The summed E-state index contributed by atoms with van der Waals surface area (Å²) in [4.78, 5) is 0. The largest absolute Gasteiger partial charge is 0.308 e. The molecule has 1 atom stereocenters. The van der Waals surface area contributed by atoms with Crippen LogP contribution in [0, 0.1) is 6.92 Å². The minimum atomic E-state index is 0.0301. The van der Waals surface area contributed by atoms with Gasteiger partial charge in [-0.15, -0.1) is 0 Å². The fourth-order valence-corrected chi connectivity index (χ4v) is 2.78. The highest BCUT2D eigenvalue weighted by atomic mass is 79.9. The first-order valence-electron chi connectivity index (χ1n) is 5.66. The summed E-state index contributed by atoms with van der Waals surface area (Å²) in [5, 5.41) is 8.18. The van der Waals surface area contributed by atoms with E-state index in [1.807, 2.05) is 30.9 Å². The van der Waals surface area contributed by atoms with Crippen molar-refractivity contribution in [1.29, 1.82) is 0 Å². The van der Waals surface area contributed by atoms with E-state index in [-0.39, 0.29) is 6.04 Å². The van der Waals surface area contributed by atoms with Crippen LogP contribution in [0.3, 0.4) is 0 Å². The maximum absolute atomic E-state index is 6.23. The summed E-state index contributed by atoms with van der Waals surface area (Å²) < 4.78 is 2.91. The molecule has 5 heteroatoms. The fraction of sp³-hybridized carbons (Fsp3) is 0.308. The molecular formula is C13H15BrClN3. The van der Waals surface area contributed by atoms with E-state index in [0.717, 1.165) is 10.2 Å². The summed E-state index contributed by atoms with van der Waals surface area (Å²) in [6.45, 7) is 2.09. The first kappa shape index (κ1) is 13.6. The van der Waals surface area contributed by atoms with Gasteiger partial charge in [0.25, 0.3) is 0 Å². The van der Waals surface area contributed by atoms with E-state index < -0.39 is 0 Å². The molecule has 96 valence electrons. The van der Waals surface area contributed by atoms with E-state index in [2.05, 4.69) is 39.3 Å². The molecule has 1 N–H and O–H groups in total. The highest BCUT2D eigenvalue weighted by Gasteiger charge is 2.21. The normalized spacial score (nSPS) is 12.7. The zero-order valence-electron chi connectivity index (χ0n) is 10.5. The Morgan fingerprint density at radius 1 is 1.44 bits per heavy atom. The van der Waals surface area contributed by atoms with Crippen LogP contribution in [0.4, 0.5) is 0 Å². The van der Waals surface area contributed by atoms with Crippen molar-refractivity contribution in [2.45, 2.75) is 13.0 Å². The minimum absolute atomic E-state index is 0.0301. The van der Waals surface area contributed by atoms with Gasteiger partial charge in [0.2, 0.25) is 0 Å². The Balaban J connectivity index is 2.56. The van der Waals surface area contributed by atoms with Crippen LogP contribution < -0.4 is 5.32 Å². The summed E-state index contributed by atoms with van der Waals surface area (Å²) in [5.74, 6) is 0. The smallest absolute Gasteiger partial charge is 0.0837 e. The number of hydrogen-bond donors (Lipinski definition) is 1. The summed E-state index contributed by atoms with van der Waals surface area (Å²) >= 11 is 9.79. The number of halogens is 2. The SMILES string of the molecule is CNC(c1cccc(Br)c1C)c1c(Cl)cnn1C. The van der Waals surface area contributed by atoms with Gasteiger partial charge in [0.15, 0.2) is 0 Å². The summed E-state index contributed by atoms with van der Waals surface area (Å²) in [6, 6.07) is 6.20. The lowest BCUT2D eigenvalue weighted by atomic mass is 9.99. The van der Waals surface area contributed by atoms with E-state index in [1.54, 1.807) is 6.20 Å². The Hall–Kier alpha value is -0.840. The van der Waals surface area contributed by atoms with Crippen molar-refractivity contribution in [1.82, 2.24) is 15.1 Å². The molecule has 0 saturated carbocycles. The average molecular weight is 329 g/mol. The van der Waals surface area contributed by atoms with Gasteiger partial charge in [-0.2, -0.15) is 5.10 Å². The molecule has 18 heavy (non-hydrogen) atoms. The van der Waals surface area contributed by atoms with Gasteiger partial charge in [0.1, 0.15) is 0 Å². The van der Waals surface area contributed by atoms with Gasteiger partial charge in [-0.1, -0.05) is 39.7 Å². The number of nitrogens with one attached hydrogen (secondary N) is 1. The van der Waals surface area contributed by atoms with Crippen LogP contribution >= 0.6 is 27.5 Å². The Labute approximate surface area is 120 Å². The van der Waals surface area contributed by atoms with E-state index >= 15 is 0 Å². The molecule has 0 fully saturated rings. The van der Waals surface area contributed by atoms with Gasteiger partial charge < -0.3 is 5.32 Å². The van der Waals surface area contributed by atoms with Crippen LogP contribution in [-0.4, -0.2) is 16.8 Å². The van der Waals surface area contributed by atoms with Crippen molar-refractivity contribution in [3.05, 3.63) is 50.7 Å². The molecule has 3 nitrogen and oxygen atoms in total. The molecule has 2 rings (SSSR count). The Morgan fingerprint density at radius 3 is 2.72 bits per heavy atom. The number of hydrogen-bond acceptors (Lipinski definition) is 2. The van der Waals surface area contributed by atoms with E-state index in [9.17, 15) is 0 Å². The molecule has 0 saturated heterocycles. The van der Waals surface area contributed by atoms with Crippen LogP contribution in [0.5, 0.6) is 0 Å². The third kappa shape index (κ3) is 2.32. The molecule has 1 aromatic heterocycles. The average Bonchev–Trinajstić information content (AvgIpc) is 2.67. The molecule has 0 aliphatic carbocycles. The predicted molar refractivity (Wildman–Crippen MR) is 78.0 cm³/mol. The molecule has 1 unspecified atom stereocenters. The van der Waals surface area contributed by atoms with Crippen molar-refractivity contribution in [2.75, 3.05) is 7.05 Å². The molecule has 0 aliphatic heterocycles. The second kappa shape index (κ2) is 5.43. The zero-order valence-corrected chi connectivity index (χ0v) is 12.9. The maximum Gasteiger partial charge on any atom is 0.0837 e. The molecule has 0 spiro atoms. The number of benzene rings is 1. The van der Waals surface area contributed by atoms with Crippen LogP contribution in [-0.2, 0) is 7.05 Å². The minimum Gasteiger partial charge on any atom is -0.308 e. The van der Waals surface area contributed by atoms with Gasteiger partial charge in [0.05, 0.1) is 23.0 Å². The topological polar surface area (TPSA) is 29.9 Å². The van der Waals surface area contributed by atoms with Crippen LogP contribution in [0.15, 0.2) is 28.9 Å². The van der Waals surface area contributed by atoms with Gasteiger partial charge in [-0.25, -0.2) is 0 Å². The number of aromatic nitrogens is 2. The van der Waals surface area contributed by atoms with Gasteiger partial charge in [-0.05, 0) is 31.2 Å². The third-order valence-corrected chi connectivity index (χ3v) is 4.27. The quantitative estimate of drug-likeness (QED) is 0.935. The molecule has 0 aliphatic rings. The monoisotopic (exact) mass is 327 g/mol. The molecule has 0 bridgehead atoms. The van der Waals surface area contributed by atoms with Gasteiger partial charge >= 0.3 is 0 Å². The van der Waals surface area contributed by atoms with E-state index in [0.29, 0.717) is 5.02 Å². The van der Waals surface area contributed by atoms with Crippen LogP contribution in [0.2, 0.25) is 5.02 Å². The van der Waals surface area contributed by atoms with Crippen molar-refractivity contribution in [2.24, 2.45) is 7.05 Å². The summed E-state index contributed by atoms with van der Waals surface area (Å²) in [6.07, 6.45) is 1.68. The molecule has 2 aromatic rings. The lowest BCUT2D eigenvalue weighted by molar-refractivity contribution is 0.604. The Kier molecular flexibility index (Phi) is 4.10. The molecule has 0 amide bonds. The van der Waals surface area contributed by atoms with E-state index in [4.69, 9.17) is 11.6 Å². The number of aryl methyl sites for hydroxylation is 1. The molecule has 1 aromatic carbocycles. The van der Waals surface area contributed by atoms with Crippen LogP contribution in [0.25, 0.3) is 0 Å². The van der Waals surface area contributed by atoms with Crippen molar-refractivity contribution in [3.8, 4) is 0 Å². The van der Waals surface area contributed by atoms with Crippen molar-refractivity contribution < 1.29 is 0 Å². The Morgan fingerprint density at radius 2 is 2.17 bits per heavy atom. The van der Waals surface area contributed by atoms with Crippen molar-refractivity contribution >= 4 is 27.5 Å². The van der Waals surface area contributed by atoms with E-state index in [1.165, 1.54) is 11.1 Å². The first-order chi connectivity index (χ1) is 8.56. The lowest BCUT2D eigenvalue weighted by Gasteiger charge is -2.20. The first-order valence-corrected chi connectivity index (χ1v) is 6.83.